The number of aromatic nitrogens is 2. The molecule has 1 saturated carbocycles. The van der Waals surface area contributed by atoms with Crippen LogP contribution >= 0.6 is 11.6 Å². The van der Waals surface area contributed by atoms with E-state index in [1.807, 2.05) is 34.7 Å². The van der Waals surface area contributed by atoms with E-state index in [9.17, 15) is 9.59 Å². The van der Waals surface area contributed by atoms with Gasteiger partial charge < -0.3 is 15.0 Å². The van der Waals surface area contributed by atoms with Crippen molar-refractivity contribution in [3.63, 3.8) is 0 Å². The molecule has 0 atom stereocenters. The number of hydrogen-bond donors (Lipinski definition) is 1. The van der Waals surface area contributed by atoms with Crippen LogP contribution in [0.5, 0.6) is 0 Å². The molecule has 1 N–H and O–H groups in total. The summed E-state index contributed by atoms with van der Waals surface area (Å²) in [6.45, 7) is 5.61. The van der Waals surface area contributed by atoms with Crippen LogP contribution in [-0.4, -0.2) is 59.3 Å². The minimum atomic E-state index is -0.139. The molecule has 0 spiro atoms. The van der Waals surface area contributed by atoms with Crippen molar-refractivity contribution in [2.45, 2.75) is 26.3 Å². The lowest BCUT2D eigenvalue weighted by Crippen LogP contribution is -2.51. The number of likely N-dealkylation sites (tertiary alicyclic amines) is 1. The van der Waals surface area contributed by atoms with Crippen LogP contribution < -0.4 is 5.32 Å². The second-order valence-corrected chi connectivity index (χ2v) is 9.79. The number of halogens is 1. The Morgan fingerprint density at radius 1 is 1.12 bits per heavy atom. The summed E-state index contributed by atoms with van der Waals surface area (Å²) >= 11 is 5.93. The van der Waals surface area contributed by atoms with Crippen LogP contribution in [0, 0.1) is 18.8 Å². The zero-order valence-electron chi connectivity index (χ0n) is 19.3. The number of nitrogens with zero attached hydrogens (tertiary/aromatic N) is 3. The summed E-state index contributed by atoms with van der Waals surface area (Å²) in [6, 6.07) is 12.8. The Labute approximate surface area is 204 Å². The highest BCUT2D eigenvalue weighted by Crippen LogP contribution is 2.29. The van der Waals surface area contributed by atoms with Crippen molar-refractivity contribution in [2.75, 3.05) is 32.8 Å². The van der Waals surface area contributed by atoms with Crippen molar-refractivity contribution in [2.24, 2.45) is 11.8 Å². The van der Waals surface area contributed by atoms with Gasteiger partial charge in [-0.25, -0.2) is 0 Å². The lowest BCUT2D eigenvalue weighted by atomic mass is 9.98. The molecule has 7 nitrogen and oxygen atoms in total. The number of carbonyl (C=O) groups excluding carboxylic acids is 2. The van der Waals surface area contributed by atoms with Gasteiger partial charge in [-0.3, -0.25) is 14.3 Å². The maximum Gasteiger partial charge on any atom is 0.270 e. The highest BCUT2D eigenvalue weighted by Gasteiger charge is 2.33. The summed E-state index contributed by atoms with van der Waals surface area (Å²) in [5.74, 6) is 0.801. The predicted molar refractivity (Wildman–Crippen MR) is 131 cm³/mol. The molecule has 2 aromatic carbocycles. The average molecular weight is 481 g/mol. The van der Waals surface area contributed by atoms with Crippen LogP contribution in [0.4, 0.5) is 0 Å². The highest BCUT2D eigenvalue weighted by atomic mass is 35.5. The summed E-state index contributed by atoms with van der Waals surface area (Å²) in [6.07, 6.45) is 2.50. The first-order chi connectivity index (χ1) is 16.5. The first-order valence-electron chi connectivity index (χ1n) is 11.9. The maximum absolute atomic E-state index is 13.2. The molecule has 1 aromatic heterocycles. The molecule has 1 aliphatic carbocycles. The summed E-state index contributed by atoms with van der Waals surface area (Å²) in [5, 5.41) is 9.23. The Bertz CT molecular complexity index is 1200. The average Bonchev–Trinajstić information content (AvgIpc) is 3.54. The van der Waals surface area contributed by atoms with E-state index in [0.29, 0.717) is 55.0 Å². The quantitative estimate of drug-likeness (QED) is 0.471. The van der Waals surface area contributed by atoms with Gasteiger partial charge in [-0.15, -0.1) is 0 Å². The van der Waals surface area contributed by atoms with Crippen LogP contribution in [0.25, 0.3) is 10.9 Å². The topological polar surface area (TPSA) is 76.5 Å². The molecular weight excluding hydrogens is 452 g/mol. The van der Waals surface area contributed by atoms with E-state index in [-0.39, 0.29) is 17.7 Å². The van der Waals surface area contributed by atoms with E-state index in [1.54, 1.807) is 24.3 Å². The van der Waals surface area contributed by atoms with E-state index in [4.69, 9.17) is 21.4 Å². The normalized spacial score (nSPS) is 16.0. The fraction of sp³-hybridized carbons (Fsp3) is 0.423. The van der Waals surface area contributed by atoms with Crippen LogP contribution in [0.3, 0.4) is 0 Å². The fourth-order valence-electron chi connectivity index (χ4n) is 4.44. The monoisotopic (exact) mass is 480 g/mol. The van der Waals surface area contributed by atoms with Gasteiger partial charge in [0.05, 0.1) is 12.1 Å². The first-order valence-corrected chi connectivity index (χ1v) is 12.2. The van der Waals surface area contributed by atoms with Gasteiger partial charge in [-0.05, 0) is 61.6 Å². The second-order valence-electron chi connectivity index (χ2n) is 9.36. The van der Waals surface area contributed by atoms with Gasteiger partial charge in [0.1, 0.15) is 5.69 Å². The van der Waals surface area contributed by atoms with Gasteiger partial charge in [0, 0.05) is 54.7 Å². The standard InChI is InChI=1S/C26H29ClN4O3/c1-17-3-2-4-22-23(17)24(25(32)28-11-12-34-16-18-5-6-18)31(29-22)15-19-13-30(14-19)26(33)20-7-9-21(27)10-8-20/h2-4,7-10,18-19H,5-6,11-16H2,1H3,(H,28,32). The zero-order chi connectivity index (χ0) is 23.7. The fourth-order valence-corrected chi connectivity index (χ4v) is 4.57. The molecule has 2 amide bonds. The number of amides is 2. The van der Waals surface area contributed by atoms with Crippen molar-refractivity contribution >= 4 is 34.3 Å². The van der Waals surface area contributed by atoms with Crippen LogP contribution in [0.1, 0.15) is 39.3 Å². The van der Waals surface area contributed by atoms with E-state index >= 15 is 0 Å². The molecule has 8 heteroatoms. The molecular formula is C26H29ClN4O3. The Kier molecular flexibility index (Phi) is 6.57. The first kappa shape index (κ1) is 22.9. The Balaban J connectivity index is 1.24. The van der Waals surface area contributed by atoms with Crippen molar-refractivity contribution in [1.82, 2.24) is 20.0 Å². The summed E-state index contributed by atoms with van der Waals surface area (Å²) in [7, 11) is 0. The lowest BCUT2D eigenvalue weighted by Gasteiger charge is -2.39. The number of benzene rings is 2. The number of fused-ring (bicyclic) bond motifs is 1. The van der Waals surface area contributed by atoms with Crippen LogP contribution in [0.2, 0.25) is 5.02 Å². The predicted octanol–water partition coefficient (Wildman–Crippen LogP) is 3.93. The summed E-state index contributed by atoms with van der Waals surface area (Å²) in [4.78, 5) is 27.7. The largest absolute Gasteiger partial charge is 0.379 e. The van der Waals surface area contributed by atoms with Gasteiger partial charge in [0.15, 0.2) is 0 Å². The van der Waals surface area contributed by atoms with Crippen molar-refractivity contribution in [1.29, 1.82) is 0 Å². The second kappa shape index (κ2) is 9.76. The molecule has 0 radical (unpaired) electrons. The van der Waals surface area contributed by atoms with E-state index in [1.165, 1.54) is 12.8 Å². The molecule has 2 fully saturated rings. The number of ether oxygens (including phenoxy) is 1. The number of rotatable bonds is 9. The number of hydrogen-bond acceptors (Lipinski definition) is 4. The maximum atomic E-state index is 13.2. The third-order valence-electron chi connectivity index (χ3n) is 6.54. The number of aryl methyl sites for hydroxylation is 1. The molecule has 34 heavy (non-hydrogen) atoms. The van der Waals surface area contributed by atoms with Crippen molar-refractivity contribution < 1.29 is 14.3 Å². The molecule has 2 heterocycles. The lowest BCUT2D eigenvalue weighted by molar-refractivity contribution is 0.0458. The molecule has 3 aromatic rings. The SMILES string of the molecule is Cc1cccc2nn(CC3CN(C(=O)c4ccc(Cl)cc4)C3)c(C(=O)NCCOCC3CC3)c12. The zero-order valence-corrected chi connectivity index (χ0v) is 20.1. The molecule has 0 unspecified atom stereocenters. The molecule has 5 rings (SSSR count). The molecule has 178 valence electrons. The van der Waals surface area contributed by atoms with Gasteiger partial charge in [0.25, 0.3) is 11.8 Å². The number of carbonyl (C=O) groups is 2. The number of nitrogens with one attached hydrogen (secondary N) is 1. The van der Waals surface area contributed by atoms with Crippen LogP contribution in [0.15, 0.2) is 42.5 Å². The van der Waals surface area contributed by atoms with Crippen LogP contribution in [-0.2, 0) is 11.3 Å². The summed E-state index contributed by atoms with van der Waals surface area (Å²) < 4.78 is 7.47. The molecule has 1 saturated heterocycles. The smallest absolute Gasteiger partial charge is 0.270 e. The molecule has 0 bridgehead atoms. The Morgan fingerprint density at radius 2 is 1.88 bits per heavy atom. The van der Waals surface area contributed by atoms with E-state index in [0.717, 1.165) is 23.1 Å². The molecule has 2 aliphatic rings. The minimum absolute atomic E-state index is 0.00134. The van der Waals surface area contributed by atoms with Gasteiger partial charge in [-0.1, -0.05) is 23.7 Å². The van der Waals surface area contributed by atoms with Gasteiger partial charge >= 0.3 is 0 Å². The third-order valence-corrected chi connectivity index (χ3v) is 6.79. The Morgan fingerprint density at radius 3 is 2.62 bits per heavy atom. The van der Waals surface area contributed by atoms with Crippen molar-refractivity contribution in [3.05, 3.63) is 64.3 Å². The summed E-state index contributed by atoms with van der Waals surface area (Å²) in [5.41, 5.74) is 3.04. The Hall–Kier alpha value is -2.90. The van der Waals surface area contributed by atoms with Gasteiger partial charge in [-0.2, -0.15) is 5.10 Å². The highest BCUT2D eigenvalue weighted by molar-refractivity contribution is 6.30. The van der Waals surface area contributed by atoms with E-state index < -0.39 is 0 Å². The minimum Gasteiger partial charge on any atom is -0.379 e. The van der Waals surface area contributed by atoms with Crippen molar-refractivity contribution in [3.8, 4) is 0 Å². The third kappa shape index (κ3) is 4.95. The van der Waals surface area contributed by atoms with E-state index in [2.05, 4.69) is 5.32 Å². The van der Waals surface area contributed by atoms with Gasteiger partial charge in [0.2, 0.25) is 0 Å². The molecule has 1 aliphatic heterocycles.